The highest BCUT2D eigenvalue weighted by atomic mass is 16.6. The molecule has 1 aromatic heterocycles. The minimum absolute atomic E-state index is 0.00940. The van der Waals surface area contributed by atoms with Crippen LogP contribution in [0, 0.1) is 10.1 Å². The molecule has 7 heteroatoms. The van der Waals surface area contributed by atoms with Crippen molar-refractivity contribution in [2.45, 2.75) is 19.6 Å². The average molecular weight is 214 g/mol. The molecule has 1 aromatic rings. The topological polar surface area (TPSA) is 106 Å². The van der Waals surface area contributed by atoms with Gasteiger partial charge in [-0.2, -0.15) is 0 Å². The smallest absolute Gasteiger partial charge is 0.352 e. The van der Waals surface area contributed by atoms with Gasteiger partial charge in [0.1, 0.15) is 5.69 Å². The quantitative estimate of drug-likeness (QED) is 0.560. The number of aromatic carboxylic acids is 1. The van der Waals surface area contributed by atoms with Crippen molar-refractivity contribution in [1.82, 2.24) is 4.57 Å². The molecule has 1 atom stereocenters. The van der Waals surface area contributed by atoms with E-state index >= 15 is 0 Å². The molecule has 0 saturated carbocycles. The Morgan fingerprint density at radius 1 is 1.73 bits per heavy atom. The maximum atomic E-state index is 10.7. The molecule has 1 rings (SSSR count). The van der Waals surface area contributed by atoms with Crippen LogP contribution in [-0.2, 0) is 6.54 Å². The fourth-order valence-electron chi connectivity index (χ4n) is 1.21. The molecular weight excluding hydrogens is 204 g/mol. The van der Waals surface area contributed by atoms with Crippen molar-refractivity contribution in [2.75, 3.05) is 0 Å². The van der Waals surface area contributed by atoms with Gasteiger partial charge in [0.15, 0.2) is 0 Å². The minimum Gasteiger partial charge on any atom is -0.477 e. The fourth-order valence-corrected chi connectivity index (χ4v) is 1.21. The first-order valence-electron chi connectivity index (χ1n) is 4.17. The Morgan fingerprint density at radius 2 is 2.33 bits per heavy atom. The predicted molar refractivity (Wildman–Crippen MR) is 49.7 cm³/mol. The average Bonchev–Trinajstić information content (AvgIpc) is 2.46. The Hall–Kier alpha value is -1.89. The van der Waals surface area contributed by atoms with Gasteiger partial charge in [-0.3, -0.25) is 10.1 Å². The summed E-state index contributed by atoms with van der Waals surface area (Å²) in [5, 5.41) is 28.2. The normalized spacial score (nSPS) is 12.4. The van der Waals surface area contributed by atoms with Crippen LogP contribution in [0.25, 0.3) is 0 Å². The number of aromatic nitrogens is 1. The zero-order chi connectivity index (χ0) is 11.6. The van der Waals surface area contributed by atoms with E-state index in [0.29, 0.717) is 0 Å². The van der Waals surface area contributed by atoms with Crippen molar-refractivity contribution < 1.29 is 19.9 Å². The summed E-state index contributed by atoms with van der Waals surface area (Å²) in [4.78, 5) is 20.5. The van der Waals surface area contributed by atoms with Gasteiger partial charge < -0.3 is 14.8 Å². The molecule has 0 aliphatic rings. The van der Waals surface area contributed by atoms with E-state index in [1.54, 1.807) is 0 Å². The van der Waals surface area contributed by atoms with Crippen molar-refractivity contribution in [3.8, 4) is 0 Å². The van der Waals surface area contributed by atoms with E-state index in [2.05, 4.69) is 0 Å². The summed E-state index contributed by atoms with van der Waals surface area (Å²) < 4.78 is 1.14. The molecule has 0 spiro atoms. The van der Waals surface area contributed by atoms with Gasteiger partial charge in [0.2, 0.25) is 0 Å². The van der Waals surface area contributed by atoms with E-state index in [9.17, 15) is 14.9 Å². The molecule has 1 heterocycles. The SMILES string of the molecule is CC(O)Cn1cc([N+](=O)[O-])cc1C(=O)O. The largest absolute Gasteiger partial charge is 0.477 e. The van der Waals surface area contributed by atoms with Gasteiger partial charge in [-0.05, 0) is 6.92 Å². The van der Waals surface area contributed by atoms with Crippen molar-refractivity contribution >= 4 is 11.7 Å². The van der Waals surface area contributed by atoms with E-state index in [0.717, 1.165) is 16.8 Å². The summed E-state index contributed by atoms with van der Waals surface area (Å²) in [7, 11) is 0. The highest BCUT2D eigenvalue weighted by Gasteiger charge is 2.19. The maximum absolute atomic E-state index is 10.7. The molecule has 2 N–H and O–H groups in total. The van der Waals surface area contributed by atoms with Gasteiger partial charge in [0, 0.05) is 12.6 Å². The molecule has 7 nitrogen and oxygen atoms in total. The lowest BCUT2D eigenvalue weighted by Crippen LogP contribution is -2.15. The Labute approximate surface area is 84.7 Å². The van der Waals surface area contributed by atoms with Crippen LogP contribution in [0.3, 0.4) is 0 Å². The maximum Gasteiger partial charge on any atom is 0.352 e. The Kier molecular flexibility index (Phi) is 3.05. The zero-order valence-corrected chi connectivity index (χ0v) is 7.95. The molecule has 0 aromatic carbocycles. The second kappa shape index (κ2) is 4.09. The Bertz CT molecular complexity index is 396. The van der Waals surface area contributed by atoms with Gasteiger partial charge in [0.25, 0.3) is 5.69 Å². The molecule has 0 saturated heterocycles. The van der Waals surface area contributed by atoms with Crippen LogP contribution in [0.1, 0.15) is 17.4 Å². The van der Waals surface area contributed by atoms with Gasteiger partial charge in [-0.1, -0.05) is 0 Å². The highest BCUT2D eigenvalue weighted by Crippen LogP contribution is 2.16. The molecule has 0 amide bonds. The second-order valence-corrected chi connectivity index (χ2v) is 3.15. The number of rotatable bonds is 4. The number of aliphatic hydroxyl groups is 1. The van der Waals surface area contributed by atoms with Crippen LogP contribution < -0.4 is 0 Å². The monoisotopic (exact) mass is 214 g/mol. The summed E-state index contributed by atoms with van der Waals surface area (Å²) >= 11 is 0. The number of nitrogens with zero attached hydrogens (tertiary/aromatic N) is 2. The summed E-state index contributed by atoms with van der Waals surface area (Å²) in [6, 6.07) is 0.963. The van der Waals surface area contributed by atoms with Gasteiger partial charge in [0.05, 0.1) is 17.2 Å². The van der Waals surface area contributed by atoms with Crippen LogP contribution in [0.4, 0.5) is 5.69 Å². The lowest BCUT2D eigenvalue weighted by molar-refractivity contribution is -0.384. The zero-order valence-electron chi connectivity index (χ0n) is 7.95. The van der Waals surface area contributed by atoms with Crippen molar-refractivity contribution in [2.24, 2.45) is 0 Å². The van der Waals surface area contributed by atoms with Crippen molar-refractivity contribution in [1.29, 1.82) is 0 Å². The van der Waals surface area contributed by atoms with E-state index in [1.807, 2.05) is 0 Å². The molecular formula is C8H10N2O5. The molecule has 1 unspecified atom stereocenters. The molecule has 0 aliphatic carbocycles. The molecule has 82 valence electrons. The number of carboxylic acids is 1. The Balaban J connectivity index is 3.11. The fraction of sp³-hybridized carbons (Fsp3) is 0.375. The van der Waals surface area contributed by atoms with Gasteiger partial charge in [-0.25, -0.2) is 4.79 Å². The first-order valence-corrected chi connectivity index (χ1v) is 4.17. The third kappa shape index (κ3) is 2.53. The number of carboxylic acid groups (broad SMARTS) is 1. The van der Waals surface area contributed by atoms with Crippen LogP contribution in [0.15, 0.2) is 12.3 Å². The third-order valence-corrected chi connectivity index (χ3v) is 1.77. The van der Waals surface area contributed by atoms with E-state index in [4.69, 9.17) is 10.2 Å². The molecule has 15 heavy (non-hydrogen) atoms. The third-order valence-electron chi connectivity index (χ3n) is 1.77. The Morgan fingerprint density at radius 3 is 2.73 bits per heavy atom. The van der Waals surface area contributed by atoms with Crippen LogP contribution in [0.2, 0.25) is 0 Å². The summed E-state index contributed by atoms with van der Waals surface area (Å²) in [5.74, 6) is -1.26. The van der Waals surface area contributed by atoms with E-state index in [1.165, 1.54) is 6.92 Å². The standard InChI is InChI=1S/C8H10N2O5/c1-5(11)3-9-4-6(10(14)15)2-7(9)8(12)13/h2,4-5,11H,3H2,1H3,(H,12,13). The molecule has 0 bridgehead atoms. The summed E-state index contributed by atoms with van der Waals surface area (Å²) in [6.07, 6.45) is 0.325. The summed E-state index contributed by atoms with van der Waals surface area (Å²) in [5.41, 5.74) is -0.504. The van der Waals surface area contributed by atoms with Crippen LogP contribution >= 0.6 is 0 Å². The van der Waals surface area contributed by atoms with Crippen molar-refractivity contribution in [3.63, 3.8) is 0 Å². The van der Waals surface area contributed by atoms with E-state index < -0.39 is 17.0 Å². The number of hydrogen-bond donors (Lipinski definition) is 2. The predicted octanol–water partition coefficient (Wildman–Crippen LogP) is 0.475. The first kappa shape index (κ1) is 11.2. The number of aliphatic hydroxyl groups excluding tert-OH is 1. The highest BCUT2D eigenvalue weighted by molar-refractivity contribution is 5.86. The van der Waals surface area contributed by atoms with Gasteiger partial charge >= 0.3 is 5.97 Å². The van der Waals surface area contributed by atoms with Crippen molar-refractivity contribution in [3.05, 3.63) is 28.1 Å². The van der Waals surface area contributed by atoms with E-state index in [-0.39, 0.29) is 17.9 Å². The molecule has 0 radical (unpaired) electrons. The lowest BCUT2D eigenvalue weighted by Gasteiger charge is -2.06. The van der Waals surface area contributed by atoms with Gasteiger partial charge in [-0.15, -0.1) is 0 Å². The summed E-state index contributed by atoms with van der Waals surface area (Å²) in [6.45, 7) is 1.48. The lowest BCUT2D eigenvalue weighted by atomic mass is 10.3. The van der Waals surface area contributed by atoms with Crippen LogP contribution in [-0.4, -0.2) is 31.8 Å². The second-order valence-electron chi connectivity index (χ2n) is 3.15. The number of hydrogen-bond acceptors (Lipinski definition) is 4. The first-order chi connectivity index (χ1) is 6.91. The minimum atomic E-state index is -1.26. The number of carbonyl (C=O) groups is 1. The molecule has 0 fully saturated rings. The van der Waals surface area contributed by atoms with Crippen LogP contribution in [0.5, 0.6) is 0 Å². The molecule has 0 aliphatic heterocycles. The number of nitro groups is 1.